The van der Waals surface area contributed by atoms with Gasteiger partial charge >= 0.3 is 0 Å². The fraction of sp³-hybridized carbons (Fsp3) is 0.400. The van der Waals surface area contributed by atoms with Crippen LogP contribution in [0.3, 0.4) is 0 Å². The van der Waals surface area contributed by atoms with E-state index in [0.29, 0.717) is 17.1 Å². The molecule has 0 aliphatic carbocycles. The Morgan fingerprint density at radius 3 is 3.09 bits per heavy atom. The Labute approximate surface area is 73.6 Å². The van der Waals surface area contributed by atoms with Gasteiger partial charge in [-0.1, -0.05) is 11.6 Å². The highest BCUT2D eigenvalue weighted by Gasteiger charge is 2.26. The number of fused-ring (bicyclic) bond motifs is 1. The second-order valence-electron chi connectivity index (χ2n) is 2.24. The fourth-order valence-electron chi connectivity index (χ4n) is 1.07. The lowest BCUT2D eigenvalue weighted by Gasteiger charge is -2.17. The van der Waals surface area contributed by atoms with Gasteiger partial charge in [0.1, 0.15) is 6.17 Å². The molecule has 1 saturated heterocycles. The minimum Gasteiger partial charge on any atom is -0.370 e. The summed E-state index contributed by atoms with van der Waals surface area (Å²) < 4.78 is 0. The molecule has 0 aromatic heterocycles. The van der Waals surface area contributed by atoms with Gasteiger partial charge in [-0.3, -0.25) is 5.32 Å². The van der Waals surface area contributed by atoms with Crippen molar-refractivity contribution in [2.75, 3.05) is 6.67 Å². The van der Waals surface area contributed by atoms with E-state index in [2.05, 4.69) is 20.9 Å². The Balaban J connectivity index is 2.34. The number of nitrogens with one attached hydrogen (secondary N) is 3. The SMILES string of the molecule is ClC1=NC(Cl)=C2NCNC2N1. The van der Waals surface area contributed by atoms with Gasteiger partial charge in [0.25, 0.3) is 0 Å². The van der Waals surface area contributed by atoms with E-state index in [-0.39, 0.29) is 6.17 Å². The van der Waals surface area contributed by atoms with E-state index in [0.717, 1.165) is 5.70 Å². The van der Waals surface area contributed by atoms with Crippen LogP contribution in [0, 0.1) is 0 Å². The van der Waals surface area contributed by atoms with Crippen molar-refractivity contribution in [3.63, 3.8) is 0 Å². The number of amidine groups is 1. The average molecular weight is 193 g/mol. The van der Waals surface area contributed by atoms with Crippen molar-refractivity contribution in [1.29, 1.82) is 0 Å². The van der Waals surface area contributed by atoms with Crippen LogP contribution in [0.5, 0.6) is 0 Å². The third-order valence-corrected chi connectivity index (χ3v) is 2.04. The van der Waals surface area contributed by atoms with E-state index in [1.807, 2.05) is 0 Å². The summed E-state index contributed by atoms with van der Waals surface area (Å²) in [6.45, 7) is 0.683. The van der Waals surface area contributed by atoms with Crippen LogP contribution >= 0.6 is 23.2 Å². The van der Waals surface area contributed by atoms with Crippen LogP contribution < -0.4 is 16.0 Å². The number of aliphatic imine (C=N–C) groups is 1. The van der Waals surface area contributed by atoms with Gasteiger partial charge in [0.15, 0.2) is 10.5 Å². The maximum absolute atomic E-state index is 5.78. The van der Waals surface area contributed by atoms with Crippen LogP contribution in [-0.4, -0.2) is 18.1 Å². The zero-order chi connectivity index (χ0) is 7.84. The van der Waals surface area contributed by atoms with Gasteiger partial charge in [-0.2, -0.15) is 0 Å². The van der Waals surface area contributed by atoms with Crippen molar-refractivity contribution < 1.29 is 0 Å². The Hall–Kier alpha value is -0.450. The average Bonchev–Trinajstić information content (AvgIpc) is 2.34. The Bertz CT molecular complexity index is 247. The van der Waals surface area contributed by atoms with E-state index in [1.54, 1.807) is 0 Å². The highest BCUT2D eigenvalue weighted by molar-refractivity contribution is 6.65. The summed E-state index contributed by atoms with van der Waals surface area (Å²) >= 11 is 11.4. The third-order valence-electron chi connectivity index (χ3n) is 1.56. The topological polar surface area (TPSA) is 48.5 Å². The van der Waals surface area contributed by atoms with Crippen molar-refractivity contribution in [3.05, 3.63) is 10.9 Å². The van der Waals surface area contributed by atoms with Gasteiger partial charge < -0.3 is 10.6 Å². The predicted molar refractivity (Wildman–Crippen MR) is 44.2 cm³/mol. The molecule has 0 aromatic carbocycles. The lowest BCUT2D eigenvalue weighted by molar-refractivity contribution is 0.626. The van der Waals surface area contributed by atoms with Crippen molar-refractivity contribution in [2.45, 2.75) is 6.17 Å². The summed E-state index contributed by atoms with van der Waals surface area (Å²) in [5, 5.41) is 9.77. The van der Waals surface area contributed by atoms with Crippen LogP contribution in [0.1, 0.15) is 0 Å². The second kappa shape index (κ2) is 2.55. The first kappa shape index (κ1) is 7.21. The van der Waals surface area contributed by atoms with Crippen molar-refractivity contribution in [3.8, 4) is 0 Å². The summed E-state index contributed by atoms with van der Waals surface area (Å²) in [5.41, 5.74) is 0.857. The molecule has 4 nitrogen and oxygen atoms in total. The zero-order valence-electron chi connectivity index (χ0n) is 5.49. The smallest absolute Gasteiger partial charge is 0.198 e. The quantitative estimate of drug-likeness (QED) is 0.477. The Morgan fingerprint density at radius 1 is 1.45 bits per heavy atom. The molecule has 11 heavy (non-hydrogen) atoms. The highest BCUT2D eigenvalue weighted by Crippen LogP contribution is 2.18. The molecule has 0 amide bonds. The maximum Gasteiger partial charge on any atom is 0.198 e. The van der Waals surface area contributed by atoms with Gasteiger partial charge in [0.2, 0.25) is 0 Å². The molecule has 3 N–H and O–H groups in total. The molecule has 0 radical (unpaired) electrons. The number of hydrogen-bond acceptors (Lipinski definition) is 4. The van der Waals surface area contributed by atoms with Crippen LogP contribution in [0.2, 0.25) is 0 Å². The van der Waals surface area contributed by atoms with Gasteiger partial charge in [0, 0.05) is 0 Å². The molecule has 60 valence electrons. The number of halogens is 2. The monoisotopic (exact) mass is 192 g/mol. The first-order valence-corrected chi connectivity index (χ1v) is 3.90. The molecule has 0 bridgehead atoms. The van der Waals surface area contributed by atoms with Crippen LogP contribution in [0.25, 0.3) is 0 Å². The standard InChI is InChI=1S/C5H6Cl2N4/c6-3-2-4(9-1-8-2)11-5(7)10-3/h4,8-9H,1H2,(H,10,11). The van der Waals surface area contributed by atoms with Crippen molar-refractivity contribution in [1.82, 2.24) is 16.0 Å². The normalized spacial score (nSPS) is 28.9. The lowest BCUT2D eigenvalue weighted by Crippen LogP contribution is -2.42. The first-order chi connectivity index (χ1) is 5.27. The minimum atomic E-state index is -0.00694. The van der Waals surface area contributed by atoms with E-state index in [9.17, 15) is 0 Å². The predicted octanol–water partition coefficient (Wildman–Crippen LogP) is 0.0687. The van der Waals surface area contributed by atoms with Crippen LogP contribution in [0.15, 0.2) is 15.8 Å². The molecular weight excluding hydrogens is 187 g/mol. The number of nitrogens with zero attached hydrogens (tertiary/aromatic N) is 1. The summed E-state index contributed by atoms with van der Waals surface area (Å²) in [6.07, 6.45) is -0.00694. The first-order valence-electron chi connectivity index (χ1n) is 3.15. The van der Waals surface area contributed by atoms with Crippen LogP contribution in [-0.2, 0) is 0 Å². The highest BCUT2D eigenvalue weighted by atomic mass is 35.5. The van der Waals surface area contributed by atoms with Crippen molar-refractivity contribution in [2.24, 2.45) is 4.99 Å². The molecule has 0 saturated carbocycles. The third kappa shape index (κ3) is 1.17. The molecule has 1 fully saturated rings. The van der Waals surface area contributed by atoms with Crippen LogP contribution in [0.4, 0.5) is 0 Å². The number of hydrogen-bond donors (Lipinski definition) is 3. The summed E-state index contributed by atoms with van der Waals surface area (Å²) in [7, 11) is 0. The van der Waals surface area contributed by atoms with E-state index >= 15 is 0 Å². The second-order valence-corrected chi connectivity index (χ2v) is 2.96. The molecule has 6 heteroatoms. The maximum atomic E-state index is 5.78. The Morgan fingerprint density at radius 2 is 2.27 bits per heavy atom. The molecule has 2 heterocycles. The molecule has 2 aliphatic rings. The summed E-state index contributed by atoms with van der Waals surface area (Å²) in [4.78, 5) is 3.84. The van der Waals surface area contributed by atoms with Crippen molar-refractivity contribution >= 4 is 28.5 Å². The minimum absolute atomic E-state index is 0.00694. The molecule has 2 rings (SSSR count). The van der Waals surface area contributed by atoms with Gasteiger partial charge in [0.05, 0.1) is 12.4 Å². The summed E-state index contributed by atoms with van der Waals surface area (Å²) in [5.74, 6) is 0. The Kier molecular flexibility index (Phi) is 1.67. The zero-order valence-corrected chi connectivity index (χ0v) is 7.00. The fourth-order valence-corrected chi connectivity index (χ4v) is 1.56. The largest absolute Gasteiger partial charge is 0.370 e. The summed E-state index contributed by atoms with van der Waals surface area (Å²) in [6, 6.07) is 0. The molecule has 0 spiro atoms. The lowest BCUT2D eigenvalue weighted by atomic mass is 10.4. The molecule has 0 aromatic rings. The molecule has 2 aliphatic heterocycles. The van der Waals surface area contributed by atoms with E-state index < -0.39 is 0 Å². The van der Waals surface area contributed by atoms with Gasteiger partial charge in [-0.15, -0.1) is 0 Å². The van der Waals surface area contributed by atoms with Gasteiger partial charge in [-0.05, 0) is 11.6 Å². The molecular formula is C5H6Cl2N4. The molecule has 1 unspecified atom stereocenters. The van der Waals surface area contributed by atoms with Gasteiger partial charge in [-0.25, -0.2) is 4.99 Å². The molecule has 1 atom stereocenters. The van der Waals surface area contributed by atoms with E-state index in [4.69, 9.17) is 23.2 Å². The van der Waals surface area contributed by atoms with E-state index in [1.165, 1.54) is 0 Å². The number of rotatable bonds is 0.